The molecule has 5 rings (SSSR count). The average Bonchev–Trinajstić information content (AvgIpc) is 3.41. The first-order valence-electron chi connectivity index (χ1n) is 11.5. The summed E-state index contributed by atoms with van der Waals surface area (Å²) in [5.74, 6) is -0.728. The highest BCUT2D eigenvalue weighted by Crippen LogP contribution is 2.33. The summed E-state index contributed by atoms with van der Waals surface area (Å²) in [6, 6.07) is 19.1. The highest BCUT2D eigenvalue weighted by Gasteiger charge is 2.21. The van der Waals surface area contributed by atoms with Gasteiger partial charge >= 0.3 is 0 Å². The molecule has 0 unspecified atom stereocenters. The molecule has 0 aliphatic carbocycles. The fraction of sp³-hybridized carbons (Fsp3) is 0.107. The van der Waals surface area contributed by atoms with E-state index in [1.54, 1.807) is 68.7 Å². The van der Waals surface area contributed by atoms with Crippen LogP contribution in [0.15, 0.2) is 79.4 Å². The van der Waals surface area contributed by atoms with Crippen LogP contribution in [0.5, 0.6) is 0 Å². The number of fused-ring (bicyclic) bond motifs is 1. The monoisotopic (exact) mass is 491 g/mol. The molecular formula is C28H22FN7O. The van der Waals surface area contributed by atoms with E-state index in [0.29, 0.717) is 33.8 Å². The molecule has 5 aromatic rings. The molecule has 2 aromatic carbocycles. The maximum Gasteiger partial charge on any atom is 0.255 e. The third kappa shape index (κ3) is 4.60. The van der Waals surface area contributed by atoms with Crippen LogP contribution in [-0.2, 0) is 5.41 Å². The second-order valence-electron chi connectivity index (χ2n) is 8.93. The Labute approximate surface area is 212 Å². The predicted octanol–water partition coefficient (Wildman–Crippen LogP) is 5.96. The minimum atomic E-state index is -0.762. The van der Waals surface area contributed by atoms with Gasteiger partial charge in [0.15, 0.2) is 5.82 Å². The number of H-pyrrole nitrogens is 1. The smallest absolute Gasteiger partial charge is 0.255 e. The van der Waals surface area contributed by atoms with Crippen LogP contribution in [0.3, 0.4) is 0 Å². The standard InChI is InChI=1S/C28H22FN7O/c1-28(2,15-30)18-7-3-6-17(14-18)27(37)36-22-10-4-9-21(23(22)29)35-26-19(8-5-12-31-26)24-20-11-13-32-25(20)34-16-33-24/h3-14,16H,1-2H3,(H,31,35)(H,36,37)(H,32,33,34). The van der Waals surface area contributed by atoms with Crippen molar-refractivity contribution >= 4 is 34.1 Å². The Hall–Kier alpha value is -5.10. The molecule has 0 radical (unpaired) electrons. The Morgan fingerprint density at radius 1 is 1.03 bits per heavy atom. The molecule has 182 valence electrons. The Morgan fingerprint density at radius 2 is 1.84 bits per heavy atom. The van der Waals surface area contributed by atoms with Crippen molar-refractivity contribution in [3.8, 4) is 17.3 Å². The van der Waals surface area contributed by atoms with E-state index in [1.807, 2.05) is 12.1 Å². The molecule has 0 aliphatic rings. The van der Waals surface area contributed by atoms with Crippen LogP contribution in [0.1, 0.15) is 29.8 Å². The van der Waals surface area contributed by atoms with E-state index < -0.39 is 17.1 Å². The number of hydrogen-bond acceptors (Lipinski definition) is 6. The van der Waals surface area contributed by atoms with Crippen LogP contribution in [0.4, 0.5) is 21.6 Å². The van der Waals surface area contributed by atoms with Gasteiger partial charge in [-0.1, -0.05) is 18.2 Å². The lowest BCUT2D eigenvalue weighted by molar-refractivity contribution is 0.102. The van der Waals surface area contributed by atoms with E-state index in [2.05, 4.69) is 36.6 Å². The van der Waals surface area contributed by atoms with Crippen molar-refractivity contribution in [2.75, 3.05) is 10.6 Å². The van der Waals surface area contributed by atoms with Gasteiger partial charge in [-0.3, -0.25) is 4.79 Å². The third-order valence-electron chi connectivity index (χ3n) is 6.04. The van der Waals surface area contributed by atoms with E-state index in [0.717, 1.165) is 5.39 Å². The lowest BCUT2D eigenvalue weighted by Gasteiger charge is -2.17. The van der Waals surface area contributed by atoms with Crippen LogP contribution in [0.25, 0.3) is 22.3 Å². The van der Waals surface area contributed by atoms with Crippen LogP contribution in [0, 0.1) is 17.1 Å². The van der Waals surface area contributed by atoms with Crippen molar-refractivity contribution in [3.63, 3.8) is 0 Å². The largest absolute Gasteiger partial charge is 0.346 e. The molecule has 0 aliphatic heterocycles. The number of benzene rings is 2. The van der Waals surface area contributed by atoms with Crippen LogP contribution >= 0.6 is 0 Å². The van der Waals surface area contributed by atoms with Gasteiger partial charge in [-0.2, -0.15) is 5.26 Å². The molecule has 0 fully saturated rings. The molecular weight excluding hydrogens is 469 g/mol. The Balaban J connectivity index is 1.44. The predicted molar refractivity (Wildman–Crippen MR) is 140 cm³/mol. The number of carbonyl (C=O) groups excluding carboxylic acids is 1. The number of halogens is 1. The molecule has 1 amide bonds. The van der Waals surface area contributed by atoms with Gasteiger partial charge in [0.25, 0.3) is 5.91 Å². The summed E-state index contributed by atoms with van der Waals surface area (Å²) in [6.45, 7) is 3.54. The van der Waals surface area contributed by atoms with Gasteiger partial charge in [-0.15, -0.1) is 0 Å². The molecule has 0 bridgehead atoms. The molecule has 3 aromatic heterocycles. The van der Waals surface area contributed by atoms with E-state index in [-0.39, 0.29) is 11.4 Å². The normalized spacial score (nSPS) is 11.2. The lowest BCUT2D eigenvalue weighted by Crippen LogP contribution is -2.17. The third-order valence-corrected chi connectivity index (χ3v) is 6.04. The number of pyridine rings is 1. The molecule has 37 heavy (non-hydrogen) atoms. The van der Waals surface area contributed by atoms with Crippen LogP contribution < -0.4 is 10.6 Å². The zero-order valence-corrected chi connectivity index (χ0v) is 20.1. The molecule has 9 heteroatoms. The fourth-order valence-electron chi connectivity index (χ4n) is 3.94. The number of hydrogen-bond donors (Lipinski definition) is 3. The summed E-state index contributed by atoms with van der Waals surface area (Å²) in [6.07, 6.45) is 4.82. The quantitative estimate of drug-likeness (QED) is 0.270. The maximum atomic E-state index is 15.5. The number of amides is 1. The van der Waals surface area contributed by atoms with Crippen molar-refractivity contribution in [2.24, 2.45) is 0 Å². The minimum Gasteiger partial charge on any atom is -0.346 e. The van der Waals surface area contributed by atoms with Crippen LogP contribution in [-0.4, -0.2) is 25.8 Å². The first-order valence-corrected chi connectivity index (χ1v) is 11.5. The Bertz CT molecular complexity index is 1670. The second-order valence-corrected chi connectivity index (χ2v) is 8.93. The highest BCUT2D eigenvalue weighted by atomic mass is 19.1. The molecule has 0 saturated carbocycles. The van der Waals surface area contributed by atoms with Gasteiger partial charge in [0, 0.05) is 28.9 Å². The molecule has 0 spiro atoms. The summed E-state index contributed by atoms with van der Waals surface area (Å²) < 4.78 is 15.5. The van der Waals surface area contributed by atoms with Gasteiger partial charge in [-0.05, 0) is 61.9 Å². The second kappa shape index (κ2) is 9.51. The van der Waals surface area contributed by atoms with Gasteiger partial charge in [0.05, 0.1) is 28.6 Å². The SMILES string of the molecule is CC(C)(C#N)c1cccc(C(=O)Nc2cccc(Nc3ncccc3-c3ncnc4[nH]ccc34)c2F)c1. The number of nitrogens with zero attached hydrogens (tertiary/aromatic N) is 4. The zero-order valence-electron chi connectivity index (χ0n) is 20.1. The van der Waals surface area contributed by atoms with Crippen molar-refractivity contribution < 1.29 is 9.18 Å². The highest BCUT2D eigenvalue weighted by molar-refractivity contribution is 6.04. The number of aromatic nitrogens is 4. The first-order chi connectivity index (χ1) is 17.9. The summed E-state index contributed by atoms with van der Waals surface area (Å²) >= 11 is 0. The van der Waals surface area contributed by atoms with Crippen molar-refractivity contribution in [1.29, 1.82) is 5.26 Å². The first kappa shape index (κ1) is 23.6. The lowest BCUT2D eigenvalue weighted by atomic mass is 9.85. The zero-order chi connectivity index (χ0) is 26.0. The fourth-order valence-corrected chi connectivity index (χ4v) is 3.94. The number of nitrogens with one attached hydrogen (secondary N) is 3. The molecule has 3 N–H and O–H groups in total. The van der Waals surface area contributed by atoms with Gasteiger partial charge in [-0.25, -0.2) is 19.3 Å². The number of carbonyl (C=O) groups is 1. The number of aromatic amines is 1. The summed E-state index contributed by atoms with van der Waals surface area (Å²) in [5, 5.41) is 15.9. The minimum absolute atomic E-state index is 0.00693. The molecule has 0 saturated heterocycles. The summed E-state index contributed by atoms with van der Waals surface area (Å²) in [5.41, 5.74) is 2.39. The Morgan fingerprint density at radius 3 is 2.68 bits per heavy atom. The summed E-state index contributed by atoms with van der Waals surface area (Å²) in [7, 11) is 0. The van der Waals surface area contributed by atoms with Gasteiger partial charge in [0.1, 0.15) is 17.8 Å². The van der Waals surface area contributed by atoms with Crippen molar-refractivity contribution in [3.05, 3.63) is 96.3 Å². The van der Waals surface area contributed by atoms with Crippen LogP contribution in [0.2, 0.25) is 0 Å². The van der Waals surface area contributed by atoms with Gasteiger partial charge in [0.2, 0.25) is 0 Å². The molecule has 3 heterocycles. The van der Waals surface area contributed by atoms with E-state index in [1.165, 1.54) is 12.4 Å². The molecule has 8 nitrogen and oxygen atoms in total. The van der Waals surface area contributed by atoms with Gasteiger partial charge < -0.3 is 15.6 Å². The number of anilines is 3. The van der Waals surface area contributed by atoms with E-state index in [9.17, 15) is 10.1 Å². The van der Waals surface area contributed by atoms with E-state index >= 15 is 4.39 Å². The van der Waals surface area contributed by atoms with Crippen molar-refractivity contribution in [1.82, 2.24) is 19.9 Å². The topological polar surface area (TPSA) is 119 Å². The van der Waals surface area contributed by atoms with E-state index in [4.69, 9.17) is 0 Å². The maximum absolute atomic E-state index is 15.5. The molecule has 0 atom stereocenters. The van der Waals surface area contributed by atoms with Crippen molar-refractivity contribution in [2.45, 2.75) is 19.3 Å². The number of nitriles is 1. The summed E-state index contributed by atoms with van der Waals surface area (Å²) in [4.78, 5) is 29.0. The number of rotatable bonds is 6. The average molecular weight is 492 g/mol. The Kier molecular flexibility index (Phi) is 6.07.